The number of hydrogen-bond acceptors (Lipinski definition) is 7. The minimum atomic E-state index is -4.39. The second kappa shape index (κ2) is 16.7. The zero-order valence-corrected chi connectivity index (χ0v) is 19.2. The molecule has 0 amide bonds. The van der Waals surface area contributed by atoms with Crippen molar-refractivity contribution in [2.45, 2.75) is 41.5 Å². The van der Waals surface area contributed by atoms with Crippen molar-refractivity contribution in [1.82, 2.24) is 0 Å². The van der Waals surface area contributed by atoms with Crippen LogP contribution in [0.25, 0.3) is 0 Å². The van der Waals surface area contributed by atoms with Crippen LogP contribution in [0.2, 0.25) is 0 Å². The normalized spacial score (nSPS) is 12.6. The molecule has 0 heterocycles. The Labute approximate surface area is 169 Å². The van der Waals surface area contributed by atoms with Gasteiger partial charge in [0.2, 0.25) is 0 Å². The Bertz CT molecular complexity index is 371. The van der Waals surface area contributed by atoms with Gasteiger partial charge in [0, 0.05) is 0 Å². The van der Waals surface area contributed by atoms with Crippen LogP contribution in [0, 0.1) is 10.8 Å². The van der Waals surface area contributed by atoms with Gasteiger partial charge in [-0.2, -0.15) is 0 Å². The molecular formula is C18H41O9P. The lowest BCUT2D eigenvalue weighted by molar-refractivity contribution is 0.00222. The third-order valence-electron chi connectivity index (χ3n) is 2.54. The van der Waals surface area contributed by atoms with E-state index in [9.17, 15) is 4.57 Å². The Balaban J connectivity index is 0. The van der Waals surface area contributed by atoms with E-state index in [0.29, 0.717) is 43.9 Å². The van der Waals surface area contributed by atoms with Crippen LogP contribution in [-0.4, -0.2) is 81.0 Å². The fraction of sp³-hybridized carbons (Fsp3) is 1.00. The van der Waals surface area contributed by atoms with Crippen LogP contribution < -0.4 is 0 Å². The van der Waals surface area contributed by atoms with Gasteiger partial charge in [-0.1, -0.05) is 41.5 Å². The van der Waals surface area contributed by atoms with Gasteiger partial charge in [-0.3, -0.25) is 4.52 Å². The van der Waals surface area contributed by atoms with E-state index < -0.39 is 7.82 Å². The zero-order valence-electron chi connectivity index (χ0n) is 18.3. The van der Waals surface area contributed by atoms with Crippen LogP contribution in [0.5, 0.6) is 0 Å². The first-order chi connectivity index (χ1) is 12.8. The third-order valence-corrected chi connectivity index (χ3v) is 3.06. The second-order valence-electron chi connectivity index (χ2n) is 8.50. The van der Waals surface area contributed by atoms with Gasteiger partial charge < -0.3 is 33.8 Å². The minimum absolute atomic E-state index is 0.0112. The van der Waals surface area contributed by atoms with Gasteiger partial charge >= 0.3 is 7.82 Å². The Kier molecular flexibility index (Phi) is 17.9. The fourth-order valence-electron chi connectivity index (χ4n) is 1.48. The first-order valence-electron chi connectivity index (χ1n) is 9.39. The molecule has 0 spiro atoms. The maximum atomic E-state index is 10.3. The molecule has 0 aromatic carbocycles. The van der Waals surface area contributed by atoms with Crippen LogP contribution in [-0.2, 0) is 28.0 Å². The minimum Gasteiger partial charge on any atom is -0.394 e. The Morgan fingerprint density at radius 2 is 1.00 bits per heavy atom. The molecule has 0 atom stereocenters. The van der Waals surface area contributed by atoms with Crippen molar-refractivity contribution in [1.29, 1.82) is 0 Å². The van der Waals surface area contributed by atoms with Crippen molar-refractivity contribution < 1.29 is 42.9 Å². The summed E-state index contributed by atoms with van der Waals surface area (Å²) < 4.78 is 35.0. The highest BCUT2D eigenvalue weighted by Gasteiger charge is 2.14. The van der Waals surface area contributed by atoms with E-state index in [1.54, 1.807) is 0 Å². The molecule has 28 heavy (non-hydrogen) atoms. The van der Waals surface area contributed by atoms with E-state index >= 15 is 0 Å². The number of rotatable bonds is 14. The summed E-state index contributed by atoms with van der Waals surface area (Å²) in [5, 5.41) is 8.39. The van der Waals surface area contributed by atoms with Crippen LogP contribution >= 0.6 is 7.82 Å². The molecule has 3 N–H and O–H groups in total. The number of aliphatic hydroxyl groups excluding tert-OH is 1. The van der Waals surface area contributed by atoms with Crippen molar-refractivity contribution in [3.8, 4) is 0 Å². The van der Waals surface area contributed by atoms with Gasteiger partial charge in [-0.25, -0.2) is 4.57 Å². The smallest absolute Gasteiger partial charge is 0.394 e. The molecule has 0 saturated heterocycles. The lowest BCUT2D eigenvalue weighted by atomic mass is 9.97. The molecule has 10 heteroatoms. The molecular weight excluding hydrogens is 391 g/mol. The summed E-state index contributed by atoms with van der Waals surface area (Å²) in [5.41, 5.74) is 0.594. The summed E-state index contributed by atoms with van der Waals surface area (Å²) in [4.78, 5) is 16.7. The first kappa shape index (κ1) is 30.1. The van der Waals surface area contributed by atoms with Crippen LogP contribution in [0.4, 0.5) is 0 Å². The molecule has 0 aromatic rings. The Morgan fingerprint density at radius 3 is 1.32 bits per heavy atom. The second-order valence-corrected chi connectivity index (χ2v) is 9.74. The summed E-state index contributed by atoms with van der Waals surface area (Å²) >= 11 is 0. The highest BCUT2D eigenvalue weighted by atomic mass is 31.2. The SMILES string of the molecule is CC(C)(C)COCC(C)(C)C.O=P(O)(O)OCCOCCOCCOCCO. The van der Waals surface area contributed by atoms with Crippen molar-refractivity contribution in [3.63, 3.8) is 0 Å². The van der Waals surface area contributed by atoms with Gasteiger partial charge in [0.1, 0.15) is 0 Å². The predicted molar refractivity (Wildman–Crippen MR) is 107 cm³/mol. The van der Waals surface area contributed by atoms with E-state index in [0.717, 1.165) is 13.2 Å². The molecule has 0 radical (unpaired) electrons. The molecule has 0 unspecified atom stereocenters. The highest BCUT2D eigenvalue weighted by Crippen LogP contribution is 2.35. The average Bonchev–Trinajstić information content (AvgIpc) is 2.49. The summed E-state index contributed by atoms with van der Waals surface area (Å²) in [6.07, 6.45) is 0. The van der Waals surface area contributed by atoms with E-state index in [1.807, 2.05) is 0 Å². The van der Waals surface area contributed by atoms with Gasteiger partial charge in [-0.15, -0.1) is 0 Å². The van der Waals surface area contributed by atoms with E-state index in [-0.39, 0.29) is 19.8 Å². The molecule has 0 saturated carbocycles. The Hall–Kier alpha value is -0.0900. The number of phosphoric ester groups is 1. The molecule has 0 fully saturated rings. The van der Waals surface area contributed by atoms with Crippen molar-refractivity contribution in [2.24, 2.45) is 10.8 Å². The summed E-state index contributed by atoms with van der Waals surface area (Å²) in [7, 11) is -4.39. The third kappa shape index (κ3) is 33.5. The maximum absolute atomic E-state index is 10.3. The largest absolute Gasteiger partial charge is 0.469 e. The quantitative estimate of drug-likeness (QED) is 0.280. The van der Waals surface area contributed by atoms with Gasteiger partial charge in [0.05, 0.1) is 66.1 Å². The highest BCUT2D eigenvalue weighted by molar-refractivity contribution is 7.46. The number of phosphoric acid groups is 1. The fourth-order valence-corrected chi connectivity index (χ4v) is 1.80. The van der Waals surface area contributed by atoms with Crippen LogP contribution in [0.1, 0.15) is 41.5 Å². The molecule has 0 aliphatic carbocycles. The monoisotopic (exact) mass is 432 g/mol. The summed E-state index contributed by atoms with van der Waals surface area (Å²) in [5.74, 6) is 0. The van der Waals surface area contributed by atoms with Crippen LogP contribution in [0.15, 0.2) is 0 Å². The molecule has 0 aromatic heterocycles. The summed E-state index contributed by atoms with van der Waals surface area (Å²) in [6.45, 7) is 16.5. The van der Waals surface area contributed by atoms with Crippen molar-refractivity contribution in [3.05, 3.63) is 0 Å². The van der Waals surface area contributed by atoms with E-state index in [1.165, 1.54) is 0 Å². The molecule has 0 rings (SSSR count). The first-order valence-corrected chi connectivity index (χ1v) is 10.9. The lowest BCUT2D eigenvalue weighted by Crippen LogP contribution is -2.21. The van der Waals surface area contributed by atoms with Crippen LogP contribution in [0.3, 0.4) is 0 Å². The molecule has 0 aliphatic heterocycles. The average molecular weight is 432 g/mol. The van der Waals surface area contributed by atoms with E-state index in [4.69, 9.17) is 33.8 Å². The number of hydrogen-bond donors (Lipinski definition) is 3. The predicted octanol–water partition coefficient (Wildman–Crippen LogP) is 2.23. The van der Waals surface area contributed by atoms with E-state index in [2.05, 4.69) is 46.1 Å². The summed E-state index contributed by atoms with van der Waals surface area (Å²) in [6, 6.07) is 0. The molecule has 172 valence electrons. The maximum Gasteiger partial charge on any atom is 0.469 e. The molecule has 0 aliphatic rings. The van der Waals surface area contributed by atoms with Gasteiger partial charge in [0.15, 0.2) is 0 Å². The van der Waals surface area contributed by atoms with Gasteiger partial charge in [0.25, 0.3) is 0 Å². The van der Waals surface area contributed by atoms with Crippen molar-refractivity contribution in [2.75, 3.05) is 66.1 Å². The zero-order chi connectivity index (χ0) is 22.1. The van der Waals surface area contributed by atoms with Crippen molar-refractivity contribution >= 4 is 7.82 Å². The lowest BCUT2D eigenvalue weighted by Gasteiger charge is -2.23. The number of aliphatic hydroxyl groups is 1. The topological polar surface area (TPSA) is 124 Å². The van der Waals surface area contributed by atoms with Gasteiger partial charge in [-0.05, 0) is 10.8 Å². The number of ether oxygens (including phenoxy) is 4. The Morgan fingerprint density at radius 1 is 0.643 bits per heavy atom. The standard InChI is InChI=1S/C10H22O.C8H19O8P/c1-9(2,3)7-11-8-10(4,5)6;9-1-2-13-3-4-14-5-6-15-7-8-16-17(10,11)12/h7-8H2,1-6H3;9H,1-8H2,(H2,10,11,12). The molecule has 9 nitrogen and oxygen atoms in total. The molecule has 0 bridgehead atoms.